The van der Waals surface area contributed by atoms with E-state index >= 15 is 0 Å². The summed E-state index contributed by atoms with van der Waals surface area (Å²) in [6.45, 7) is 0.743. The average molecular weight is 355 g/mol. The number of hydrogen-bond donors (Lipinski definition) is 1. The van der Waals surface area contributed by atoms with Crippen LogP contribution in [0.5, 0.6) is 11.5 Å². The number of hydrogen-bond acceptors (Lipinski definition) is 4. The quantitative estimate of drug-likeness (QED) is 0.756. The summed E-state index contributed by atoms with van der Waals surface area (Å²) in [6.07, 6.45) is 1.05. The Morgan fingerprint density at radius 1 is 0.962 bits per heavy atom. The summed E-state index contributed by atoms with van der Waals surface area (Å²) in [4.78, 5) is 26.2. The lowest BCUT2D eigenvalue weighted by Gasteiger charge is -2.14. The Morgan fingerprint density at radius 3 is 2.12 bits per heavy atom. The number of nitrogens with zero attached hydrogens (tertiary/aromatic N) is 1. The van der Waals surface area contributed by atoms with Gasteiger partial charge in [0.1, 0.15) is 11.5 Å². The van der Waals surface area contributed by atoms with Crippen molar-refractivity contribution in [3.8, 4) is 11.5 Å². The maximum absolute atomic E-state index is 12.6. The highest BCUT2D eigenvalue weighted by molar-refractivity contribution is 6.21. The summed E-state index contributed by atoms with van der Waals surface area (Å²) in [6, 6.07) is 14.5. The highest BCUT2D eigenvalue weighted by atomic mass is 16.5. The number of carbonyl (C=O) groups is 2. The third kappa shape index (κ3) is 3.86. The summed E-state index contributed by atoms with van der Waals surface area (Å²) in [7, 11) is 3.22. The highest BCUT2D eigenvalue weighted by Crippen LogP contribution is 2.24. The second-order valence-corrected chi connectivity index (χ2v) is 6.20. The summed E-state index contributed by atoms with van der Waals surface area (Å²) < 4.78 is 10.3. The van der Waals surface area contributed by atoms with E-state index in [1.807, 2.05) is 29.6 Å². The molecule has 1 fully saturated rings. The SMILES string of the molecule is COc1ccc(CC[NH2+][C@@H]2CC(=O)N(c3ccc(OC)cc3)C2=O)cc1. The van der Waals surface area contributed by atoms with Crippen molar-refractivity contribution in [2.24, 2.45) is 0 Å². The molecule has 0 aromatic heterocycles. The second-order valence-electron chi connectivity index (χ2n) is 6.20. The van der Waals surface area contributed by atoms with Crippen LogP contribution in [0.15, 0.2) is 48.5 Å². The van der Waals surface area contributed by atoms with E-state index in [4.69, 9.17) is 9.47 Å². The molecule has 6 nitrogen and oxygen atoms in total. The van der Waals surface area contributed by atoms with Gasteiger partial charge in [-0.2, -0.15) is 0 Å². The lowest BCUT2D eigenvalue weighted by atomic mass is 10.1. The molecule has 0 saturated carbocycles. The number of carbonyl (C=O) groups excluding carboxylic acids is 2. The Hall–Kier alpha value is -2.86. The van der Waals surface area contributed by atoms with Crippen LogP contribution in [0.3, 0.4) is 0 Å². The van der Waals surface area contributed by atoms with Crippen LogP contribution in [0.2, 0.25) is 0 Å². The zero-order valence-electron chi connectivity index (χ0n) is 15.0. The molecule has 0 aliphatic carbocycles. The minimum absolute atomic E-state index is 0.158. The number of ether oxygens (including phenoxy) is 2. The van der Waals surface area contributed by atoms with Gasteiger partial charge in [0, 0.05) is 6.42 Å². The van der Waals surface area contributed by atoms with Gasteiger partial charge < -0.3 is 14.8 Å². The first kappa shape index (κ1) is 17.9. The normalized spacial score (nSPS) is 16.8. The van der Waals surface area contributed by atoms with Crippen molar-refractivity contribution in [2.75, 3.05) is 25.7 Å². The van der Waals surface area contributed by atoms with E-state index < -0.39 is 0 Å². The number of methoxy groups -OCH3 is 2. The Morgan fingerprint density at radius 2 is 1.54 bits per heavy atom. The molecular weight excluding hydrogens is 332 g/mol. The maximum atomic E-state index is 12.6. The van der Waals surface area contributed by atoms with Crippen LogP contribution in [0.25, 0.3) is 0 Å². The van der Waals surface area contributed by atoms with Crippen molar-refractivity contribution in [1.29, 1.82) is 0 Å². The van der Waals surface area contributed by atoms with E-state index in [0.29, 0.717) is 11.4 Å². The second kappa shape index (κ2) is 8.01. The Kier molecular flexibility index (Phi) is 5.53. The van der Waals surface area contributed by atoms with Gasteiger partial charge in [0.25, 0.3) is 5.91 Å². The van der Waals surface area contributed by atoms with Crippen molar-refractivity contribution in [3.05, 3.63) is 54.1 Å². The molecule has 1 atom stereocenters. The molecule has 0 unspecified atom stereocenters. The van der Waals surface area contributed by atoms with E-state index in [2.05, 4.69) is 0 Å². The first-order valence-corrected chi connectivity index (χ1v) is 8.59. The predicted octanol–water partition coefficient (Wildman–Crippen LogP) is 1.14. The number of nitrogens with two attached hydrogens (primary N) is 1. The largest absolute Gasteiger partial charge is 0.497 e. The third-order valence-electron chi connectivity index (χ3n) is 4.56. The fourth-order valence-corrected chi connectivity index (χ4v) is 3.09. The topological polar surface area (TPSA) is 72.4 Å². The molecule has 26 heavy (non-hydrogen) atoms. The average Bonchev–Trinajstić information content (AvgIpc) is 2.96. The monoisotopic (exact) mass is 355 g/mol. The van der Waals surface area contributed by atoms with Gasteiger partial charge in [-0.05, 0) is 42.0 Å². The van der Waals surface area contributed by atoms with Crippen molar-refractivity contribution < 1.29 is 24.4 Å². The molecule has 0 bridgehead atoms. The van der Waals surface area contributed by atoms with Gasteiger partial charge in [-0.3, -0.25) is 9.59 Å². The Labute approximate surface area is 152 Å². The van der Waals surface area contributed by atoms with Crippen LogP contribution < -0.4 is 19.7 Å². The van der Waals surface area contributed by atoms with Crippen molar-refractivity contribution in [3.63, 3.8) is 0 Å². The van der Waals surface area contributed by atoms with Gasteiger partial charge in [-0.1, -0.05) is 12.1 Å². The molecule has 2 N–H and O–H groups in total. The molecule has 3 rings (SSSR count). The van der Waals surface area contributed by atoms with E-state index in [1.54, 1.807) is 38.5 Å². The molecule has 136 valence electrons. The third-order valence-corrected chi connectivity index (χ3v) is 4.56. The number of benzene rings is 2. The first-order chi connectivity index (χ1) is 12.6. The van der Waals surface area contributed by atoms with Gasteiger partial charge >= 0.3 is 0 Å². The van der Waals surface area contributed by atoms with Gasteiger partial charge in [0.2, 0.25) is 5.91 Å². The number of rotatable bonds is 7. The number of quaternary nitrogens is 1. The van der Waals surface area contributed by atoms with Crippen molar-refractivity contribution in [2.45, 2.75) is 18.9 Å². The molecule has 1 aliphatic rings. The van der Waals surface area contributed by atoms with Gasteiger partial charge in [0.15, 0.2) is 6.04 Å². The highest BCUT2D eigenvalue weighted by Gasteiger charge is 2.42. The summed E-state index contributed by atoms with van der Waals surface area (Å²) >= 11 is 0. The fraction of sp³-hybridized carbons (Fsp3) is 0.300. The zero-order valence-corrected chi connectivity index (χ0v) is 15.0. The minimum atomic E-state index is -0.358. The van der Waals surface area contributed by atoms with Crippen LogP contribution in [0.4, 0.5) is 5.69 Å². The molecule has 0 radical (unpaired) electrons. The Bertz CT molecular complexity index is 771. The number of imide groups is 1. The molecule has 1 aliphatic heterocycles. The van der Waals surface area contributed by atoms with Crippen LogP contribution in [0.1, 0.15) is 12.0 Å². The number of anilines is 1. The molecule has 2 aromatic rings. The van der Waals surface area contributed by atoms with Gasteiger partial charge in [-0.25, -0.2) is 4.90 Å². The van der Waals surface area contributed by atoms with Crippen molar-refractivity contribution in [1.82, 2.24) is 0 Å². The molecule has 6 heteroatoms. The fourth-order valence-electron chi connectivity index (χ4n) is 3.09. The van der Waals surface area contributed by atoms with Crippen LogP contribution in [-0.2, 0) is 16.0 Å². The van der Waals surface area contributed by atoms with E-state index in [0.717, 1.165) is 18.7 Å². The minimum Gasteiger partial charge on any atom is -0.497 e. The lowest BCUT2D eigenvalue weighted by molar-refractivity contribution is -0.674. The molecule has 1 saturated heterocycles. The summed E-state index contributed by atoms with van der Waals surface area (Å²) in [5, 5.41) is 1.95. The molecular formula is C20H23N2O4+. The smallest absolute Gasteiger partial charge is 0.292 e. The predicted molar refractivity (Wildman–Crippen MR) is 97.4 cm³/mol. The Balaban J connectivity index is 1.57. The molecule has 1 heterocycles. The lowest BCUT2D eigenvalue weighted by Crippen LogP contribution is -2.92. The summed E-state index contributed by atoms with van der Waals surface area (Å²) in [5.41, 5.74) is 1.76. The van der Waals surface area contributed by atoms with E-state index in [9.17, 15) is 9.59 Å². The standard InChI is InChI=1S/C20H22N2O4/c1-25-16-7-3-14(4-8-16)11-12-21-18-13-19(23)22(20(18)24)15-5-9-17(26-2)10-6-15/h3-10,18,21H,11-13H2,1-2H3/p+1/t18-/m1/s1. The summed E-state index contributed by atoms with van der Waals surface area (Å²) in [5.74, 6) is 1.20. The van der Waals surface area contributed by atoms with E-state index in [-0.39, 0.29) is 24.3 Å². The maximum Gasteiger partial charge on any atom is 0.292 e. The molecule has 2 aromatic carbocycles. The van der Waals surface area contributed by atoms with Crippen LogP contribution in [-0.4, -0.2) is 38.6 Å². The first-order valence-electron chi connectivity index (χ1n) is 8.59. The molecule has 2 amide bonds. The molecule has 0 spiro atoms. The van der Waals surface area contributed by atoms with E-state index in [1.165, 1.54) is 10.5 Å². The van der Waals surface area contributed by atoms with Gasteiger partial charge in [0.05, 0.1) is 32.9 Å². The van der Waals surface area contributed by atoms with Gasteiger partial charge in [-0.15, -0.1) is 0 Å². The van der Waals surface area contributed by atoms with Crippen LogP contribution in [0, 0.1) is 0 Å². The number of amides is 2. The van der Waals surface area contributed by atoms with Crippen molar-refractivity contribution >= 4 is 17.5 Å². The zero-order chi connectivity index (χ0) is 18.5. The van der Waals surface area contributed by atoms with Crippen LogP contribution >= 0.6 is 0 Å².